The Bertz CT molecular complexity index is 760. The maximum absolute atomic E-state index is 12.3. The van der Waals surface area contributed by atoms with Crippen molar-refractivity contribution in [2.75, 3.05) is 43.0 Å². The van der Waals surface area contributed by atoms with Crippen molar-refractivity contribution in [3.05, 3.63) is 42.2 Å². The second-order valence-corrected chi connectivity index (χ2v) is 7.22. The van der Waals surface area contributed by atoms with Crippen LogP contribution >= 0.6 is 0 Å². The average molecular weight is 398 g/mol. The van der Waals surface area contributed by atoms with Gasteiger partial charge in [-0.3, -0.25) is 4.79 Å². The van der Waals surface area contributed by atoms with Crippen molar-refractivity contribution in [1.29, 1.82) is 0 Å². The van der Waals surface area contributed by atoms with Gasteiger partial charge in [0.15, 0.2) is 0 Å². The first-order chi connectivity index (χ1) is 14.3. The largest absolute Gasteiger partial charge is 0.494 e. The van der Waals surface area contributed by atoms with Crippen LogP contribution in [0.25, 0.3) is 0 Å². The third-order valence-corrected chi connectivity index (χ3v) is 4.93. The molecule has 156 valence electrons. The lowest BCUT2D eigenvalue weighted by atomic mass is 10.2. The van der Waals surface area contributed by atoms with Crippen LogP contribution in [0.3, 0.4) is 0 Å². The molecule has 0 aliphatic carbocycles. The molecule has 0 bridgehead atoms. The number of nitrogens with one attached hydrogen (secondary N) is 2. The summed E-state index contributed by atoms with van der Waals surface area (Å²) in [5.74, 6) is 2.45. The van der Waals surface area contributed by atoms with Gasteiger partial charge in [-0.05, 0) is 43.5 Å². The summed E-state index contributed by atoms with van der Waals surface area (Å²) < 4.78 is 5.68. The first kappa shape index (κ1) is 20.9. The summed E-state index contributed by atoms with van der Waals surface area (Å²) in [7, 11) is 0. The van der Waals surface area contributed by atoms with Crippen molar-refractivity contribution in [2.24, 2.45) is 0 Å². The minimum atomic E-state index is -0.0928. The van der Waals surface area contributed by atoms with Gasteiger partial charge in [-0.1, -0.05) is 19.8 Å². The normalized spacial score (nSPS) is 13.3. The monoisotopic (exact) mass is 397 g/mol. The van der Waals surface area contributed by atoms with Gasteiger partial charge in [0.25, 0.3) is 5.91 Å². The maximum Gasteiger partial charge on any atom is 0.251 e. The molecule has 7 heteroatoms. The molecule has 1 aliphatic heterocycles. The Morgan fingerprint density at radius 1 is 1.10 bits per heavy atom. The van der Waals surface area contributed by atoms with E-state index in [1.807, 2.05) is 18.2 Å². The van der Waals surface area contributed by atoms with E-state index in [9.17, 15) is 4.79 Å². The van der Waals surface area contributed by atoms with E-state index in [1.165, 1.54) is 25.7 Å². The van der Waals surface area contributed by atoms with E-state index in [2.05, 4.69) is 32.4 Å². The molecule has 1 aromatic carbocycles. The first-order valence-corrected chi connectivity index (χ1v) is 10.6. The Hall–Kier alpha value is -2.83. The van der Waals surface area contributed by atoms with Gasteiger partial charge in [0, 0.05) is 37.8 Å². The van der Waals surface area contributed by atoms with Crippen LogP contribution in [0, 0.1) is 0 Å². The molecule has 0 atom stereocenters. The number of nitrogens with zero attached hydrogens (tertiary/aromatic N) is 3. The van der Waals surface area contributed by atoms with Crippen LogP contribution in [0.1, 0.15) is 49.4 Å². The molecular formula is C22H31N5O2. The lowest BCUT2D eigenvalue weighted by molar-refractivity contribution is 0.0955. The molecule has 1 aromatic heterocycles. The Morgan fingerprint density at radius 2 is 1.90 bits per heavy atom. The van der Waals surface area contributed by atoms with E-state index in [0.29, 0.717) is 25.3 Å². The fourth-order valence-corrected chi connectivity index (χ4v) is 3.28. The number of unbranched alkanes of at least 4 members (excludes halogenated alkanes) is 2. The highest BCUT2D eigenvalue weighted by Gasteiger charge is 2.14. The molecule has 2 N–H and O–H groups in total. The van der Waals surface area contributed by atoms with E-state index in [4.69, 9.17) is 4.74 Å². The lowest BCUT2D eigenvalue weighted by Crippen LogP contribution is -2.29. The lowest BCUT2D eigenvalue weighted by Gasteiger charge is -2.16. The van der Waals surface area contributed by atoms with Crippen LogP contribution < -0.4 is 20.3 Å². The van der Waals surface area contributed by atoms with Crippen molar-refractivity contribution in [1.82, 2.24) is 15.3 Å². The van der Waals surface area contributed by atoms with E-state index < -0.39 is 0 Å². The second-order valence-electron chi connectivity index (χ2n) is 7.22. The van der Waals surface area contributed by atoms with Gasteiger partial charge >= 0.3 is 0 Å². The summed E-state index contributed by atoms with van der Waals surface area (Å²) in [4.78, 5) is 23.2. The number of amides is 1. The van der Waals surface area contributed by atoms with Crippen molar-refractivity contribution in [3.8, 4) is 5.75 Å². The summed E-state index contributed by atoms with van der Waals surface area (Å²) >= 11 is 0. The molecule has 1 amide bonds. The smallest absolute Gasteiger partial charge is 0.251 e. The maximum atomic E-state index is 12.3. The summed E-state index contributed by atoms with van der Waals surface area (Å²) in [6, 6.07) is 9.25. The minimum absolute atomic E-state index is 0.0928. The van der Waals surface area contributed by atoms with Gasteiger partial charge in [-0.2, -0.15) is 0 Å². The molecule has 0 unspecified atom stereocenters. The topological polar surface area (TPSA) is 79.4 Å². The highest BCUT2D eigenvalue weighted by Crippen LogP contribution is 2.19. The fourth-order valence-electron chi connectivity index (χ4n) is 3.28. The van der Waals surface area contributed by atoms with Gasteiger partial charge in [-0.25, -0.2) is 9.97 Å². The Balaban J connectivity index is 1.38. The number of rotatable bonds is 11. The third-order valence-electron chi connectivity index (χ3n) is 4.93. The molecule has 2 heterocycles. The molecule has 1 fully saturated rings. The van der Waals surface area contributed by atoms with E-state index in [-0.39, 0.29) is 5.91 Å². The molecule has 29 heavy (non-hydrogen) atoms. The van der Waals surface area contributed by atoms with E-state index in [1.54, 1.807) is 18.5 Å². The van der Waals surface area contributed by atoms with E-state index in [0.717, 1.165) is 36.9 Å². The Labute approximate surface area is 172 Å². The predicted octanol–water partition coefficient (Wildman–Crippen LogP) is 3.49. The van der Waals surface area contributed by atoms with Crippen molar-refractivity contribution in [3.63, 3.8) is 0 Å². The molecule has 0 spiro atoms. The Morgan fingerprint density at radius 3 is 2.66 bits per heavy atom. The Kier molecular flexibility index (Phi) is 8.10. The number of hydrogen-bond donors (Lipinski definition) is 2. The highest BCUT2D eigenvalue weighted by atomic mass is 16.5. The number of hydrogen-bond acceptors (Lipinski definition) is 6. The van der Waals surface area contributed by atoms with Crippen molar-refractivity contribution >= 4 is 17.5 Å². The zero-order valence-electron chi connectivity index (χ0n) is 17.2. The SMILES string of the molecule is CCCCCOc1ccc(C(=O)NCCNc2cc(N3CCCC3)ncn2)cc1. The van der Waals surface area contributed by atoms with Gasteiger partial charge in [0.2, 0.25) is 0 Å². The summed E-state index contributed by atoms with van der Waals surface area (Å²) in [6.07, 6.45) is 7.41. The van der Waals surface area contributed by atoms with Gasteiger partial charge in [0.1, 0.15) is 23.7 Å². The van der Waals surface area contributed by atoms with Crippen LogP contribution in [0.2, 0.25) is 0 Å². The molecule has 0 saturated carbocycles. The molecule has 0 radical (unpaired) electrons. The zero-order chi connectivity index (χ0) is 20.3. The fraction of sp³-hybridized carbons (Fsp3) is 0.500. The van der Waals surface area contributed by atoms with Gasteiger partial charge < -0.3 is 20.3 Å². The first-order valence-electron chi connectivity index (χ1n) is 10.6. The van der Waals surface area contributed by atoms with Crippen molar-refractivity contribution in [2.45, 2.75) is 39.0 Å². The quantitative estimate of drug-likeness (QED) is 0.565. The number of carbonyl (C=O) groups excluding carboxylic acids is 1. The van der Waals surface area contributed by atoms with Gasteiger partial charge in [-0.15, -0.1) is 0 Å². The predicted molar refractivity (Wildman–Crippen MR) is 116 cm³/mol. The average Bonchev–Trinajstić information content (AvgIpc) is 3.30. The number of ether oxygens (including phenoxy) is 1. The van der Waals surface area contributed by atoms with Crippen LogP contribution in [0.5, 0.6) is 5.75 Å². The third kappa shape index (κ3) is 6.62. The second kappa shape index (κ2) is 11.2. The minimum Gasteiger partial charge on any atom is -0.494 e. The number of anilines is 2. The molecule has 1 aliphatic rings. The van der Waals surface area contributed by atoms with Crippen LogP contribution in [-0.4, -0.2) is 48.7 Å². The molecule has 1 saturated heterocycles. The standard InChI is InChI=1S/C22H31N5O2/c1-2-3-6-15-29-19-9-7-18(8-10-19)22(28)24-12-11-23-20-16-21(26-17-25-20)27-13-4-5-14-27/h7-10,16-17H,2-6,11-15H2,1H3,(H,24,28)(H,23,25,26). The molecule has 7 nitrogen and oxygen atoms in total. The summed E-state index contributed by atoms with van der Waals surface area (Å²) in [6.45, 7) is 6.10. The van der Waals surface area contributed by atoms with Crippen molar-refractivity contribution < 1.29 is 9.53 Å². The van der Waals surface area contributed by atoms with Crippen LogP contribution in [0.4, 0.5) is 11.6 Å². The summed E-state index contributed by atoms with van der Waals surface area (Å²) in [5.41, 5.74) is 0.629. The van der Waals surface area contributed by atoms with Crippen LogP contribution in [0.15, 0.2) is 36.7 Å². The van der Waals surface area contributed by atoms with Gasteiger partial charge in [0.05, 0.1) is 6.61 Å². The summed E-state index contributed by atoms with van der Waals surface area (Å²) in [5, 5.41) is 6.17. The van der Waals surface area contributed by atoms with Crippen LogP contribution in [-0.2, 0) is 0 Å². The number of aromatic nitrogens is 2. The number of carbonyl (C=O) groups is 1. The zero-order valence-corrected chi connectivity index (χ0v) is 17.2. The molecular weight excluding hydrogens is 366 g/mol. The number of benzene rings is 1. The highest BCUT2D eigenvalue weighted by molar-refractivity contribution is 5.94. The molecule has 2 aromatic rings. The van der Waals surface area contributed by atoms with E-state index >= 15 is 0 Å². The molecule has 3 rings (SSSR count).